The summed E-state index contributed by atoms with van der Waals surface area (Å²) in [6, 6.07) is 6.55. The van der Waals surface area contributed by atoms with Crippen LogP contribution in [0.5, 0.6) is 11.6 Å². The highest BCUT2D eigenvalue weighted by molar-refractivity contribution is 6.47. The first-order chi connectivity index (χ1) is 18.6. The summed E-state index contributed by atoms with van der Waals surface area (Å²) in [5, 5.41) is 25.0. The summed E-state index contributed by atoms with van der Waals surface area (Å²) in [4.78, 5) is 69.1. The van der Waals surface area contributed by atoms with Gasteiger partial charge in [-0.1, -0.05) is 18.2 Å². The number of hydrogen-bond acceptors (Lipinski definition) is 9. The number of rotatable bonds is 7. The minimum atomic E-state index is -1.60. The summed E-state index contributed by atoms with van der Waals surface area (Å²) in [5.41, 5.74) is 0.374. The molecule has 4 rings (SSSR count). The van der Waals surface area contributed by atoms with E-state index in [-0.39, 0.29) is 42.4 Å². The second-order valence-electron chi connectivity index (χ2n) is 8.76. The maximum absolute atomic E-state index is 13.5. The zero-order chi connectivity index (χ0) is 28.3. The minimum absolute atomic E-state index is 0.00304. The van der Waals surface area contributed by atoms with Gasteiger partial charge in [-0.3, -0.25) is 19.3 Å². The van der Waals surface area contributed by atoms with E-state index in [9.17, 15) is 34.1 Å². The van der Waals surface area contributed by atoms with Gasteiger partial charge in [0.05, 0.1) is 24.3 Å². The predicted molar refractivity (Wildman–Crippen MR) is 134 cm³/mol. The first-order valence-corrected chi connectivity index (χ1v) is 12.1. The highest BCUT2D eigenvalue weighted by Gasteiger charge is 2.41. The van der Waals surface area contributed by atoms with Crippen molar-refractivity contribution in [2.24, 2.45) is 0 Å². The molecule has 14 nitrogen and oxygen atoms in total. The molecule has 2 aliphatic rings. The van der Waals surface area contributed by atoms with Crippen LogP contribution in [0.25, 0.3) is 0 Å². The number of carbonyl (C=O) groups is 5. The predicted octanol–water partition coefficient (Wildman–Crippen LogP) is -0.631. The van der Waals surface area contributed by atoms with Crippen LogP contribution in [0.15, 0.2) is 36.4 Å². The smallest absolute Gasteiger partial charge is 0.534 e. The number of piperazine rings is 1. The Hall–Kier alpha value is -4.66. The molecule has 2 aromatic rings. The number of aromatic carboxylic acids is 1. The zero-order valence-electron chi connectivity index (χ0n) is 21.1. The van der Waals surface area contributed by atoms with E-state index in [4.69, 9.17) is 9.39 Å². The molecule has 15 heteroatoms. The quantitative estimate of drug-likeness (QED) is 0.261. The van der Waals surface area contributed by atoms with Crippen molar-refractivity contribution < 1.29 is 43.5 Å². The molecule has 0 aliphatic carbocycles. The third kappa shape index (κ3) is 5.62. The van der Waals surface area contributed by atoms with Crippen molar-refractivity contribution in [1.29, 1.82) is 0 Å². The summed E-state index contributed by atoms with van der Waals surface area (Å²) >= 11 is 0. The summed E-state index contributed by atoms with van der Waals surface area (Å²) in [6.07, 6.45) is 0.0293. The second-order valence-corrected chi connectivity index (χ2v) is 8.76. The van der Waals surface area contributed by atoms with Crippen LogP contribution >= 0.6 is 0 Å². The number of carboxylic acids is 1. The third-order valence-electron chi connectivity index (χ3n) is 6.39. The number of nitrogens with zero attached hydrogens (tertiary/aromatic N) is 3. The number of nitrogens with one attached hydrogen (secondary N) is 2. The lowest BCUT2D eigenvalue weighted by molar-refractivity contribution is -0.153. The van der Waals surface area contributed by atoms with Crippen LogP contribution < -0.4 is 20.0 Å². The molecule has 2 atom stereocenters. The van der Waals surface area contributed by atoms with Crippen LogP contribution in [0.3, 0.4) is 0 Å². The molecule has 1 fully saturated rings. The Balaban J connectivity index is 1.57. The number of imide groups is 1. The largest absolute Gasteiger partial charge is 0.547 e. The Labute approximate surface area is 223 Å². The summed E-state index contributed by atoms with van der Waals surface area (Å²) < 4.78 is 10.5. The van der Waals surface area contributed by atoms with E-state index in [0.29, 0.717) is 12.1 Å². The maximum Gasteiger partial charge on any atom is 0.547 e. The molecule has 39 heavy (non-hydrogen) atoms. The normalized spacial score (nSPS) is 17.6. The van der Waals surface area contributed by atoms with E-state index >= 15 is 0 Å². The number of carboxylic acid groups (broad SMARTS) is 1. The Morgan fingerprint density at radius 3 is 2.62 bits per heavy atom. The van der Waals surface area contributed by atoms with Gasteiger partial charge >= 0.3 is 30.9 Å². The second kappa shape index (κ2) is 11.4. The Morgan fingerprint density at radius 1 is 1.18 bits per heavy atom. The number of benzene rings is 1. The lowest BCUT2D eigenvalue weighted by Crippen LogP contribution is -2.60. The summed E-state index contributed by atoms with van der Waals surface area (Å²) in [5.74, 6) is -4.77. The van der Waals surface area contributed by atoms with Gasteiger partial charge in [-0.05, 0) is 31.0 Å². The zero-order valence-corrected chi connectivity index (χ0v) is 21.1. The standard InChI is InChI=1S/C24H26BN5O9/c1-3-29-10-11-30(22(33)21(29)32)24(36)28-18(15-8-5-9-17(26-15)38-2)20(31)27-16-12-13-6-4-7-14(23(34)35)19(13)39-25(16)37/h4-9,16,18,37H,3,10-12H2,1-2H3,(H,27,31)(H,28,36)(H,34,35)/t16-,18?/m0/s1. The lowest BCUT2D eigenvalue weighted by atomic mass is 9.72. The Kier molecular flexibility index (Phi) is 8.00. The number of urea groups is 1. The fraction of sp³-hybridized carbons (Fsp3) is 0.333. The lowest BCUT2D eigenvalue weighted by Gasteiger charge is -2.33. The maximum atomic E-state index is 13.5. The van der Waals surface area contributed by atoms with Gasteiger partial charge in [0.25, 0.3) is 0 Å². The molecule has 1 aromatic heterocycles. The number of ether oxygens (including phenoxy) is 1. The van der Waals surface area contributed by atoms with Crippen molar-refractivity contribution in [3.05, 3.63) is 53.2 Å². The van der Waals surface area contributed by atoms with Crippen molar-refractivity contribution in [3.63, 3.8) is 0 Å². The highest BCUT2D eigenvalue weighted by atomic mass is 16.5. The van der Waals surface area contributed by atoms with Crippen molar-refractivity contribution in [1.82, 2.24) is 25.4 Å². The molecule has 204 valence electrons. The Bertz CT molecular complexity index is 1320. The van der Waals surface area contributed by atoms with E-state index in [0.717, 1.165) is 4.90 Å². The molecule has 0 saturated carbocycles. The molecule has 2 aliphatic heterocycles. The number of amides is 5. The van der Waals surface area contributed by atoms with Crippen LogP contribution in [0.2, 0.25) is 0 Å². The molecule has 3 heterocycles. The molecular formula is C24H26BN5O9. The number of likely N-dealkylation sites (N-methyl/N-ethyl adjacent to an activating group) is 1. The molecular weight excluding hydrogens is 513 g/mol. The monoisotopic (exact) mass is 539 g/mol. The van der Waals surface area contributed by atoms with Gasteiger partial charge in [0, 0.05) is 25.7 Å². The topological polar surface area (TPSA) is 188 Å². The fourth-order valence-corrected chi connectivity index (χ4v) is 4.33. The number of carbonyl (C=O) groups excluding carboxylic acids is 4. The minimum Gasteiger partial charge on any atom is -0.534 e. The van der Waals surface area contributed by atoms with Crippen LogP contribution in [-0.2, 0) is 20.8 Å². The van der Waals surface area contributed by atoms with Gasteiger partial charge in [0.1, 0.15) is 5.75 Å². The van der Waals surface area contributed by atoms with E-state index in [2.05, 4.69) is 15.6 Å². The average molecular weight is 539 g/mol. The number of pyridine rings is 1. The average Bonchev–Trinajstić information content (AvgIpc) is 2.93. The van der Waals surface area contributed by atoms with Gasteiger partial charge in [-0.15, -0.1) is 0 Å². The molecule has 1 saturated heterocycles. The molecule has 1 unspecified atom stereocenters. The number of aromatic nitrogens is 1. The van der Waals surface area contributed by atoms with Gasteiger partial charge in [-0.2, -0.15) is 0 Å². The molecule has 1 aromatic carbocycles. The van der Waals surface area contributed by atoms with Crippen LogP contribution in [0, 0.1) is 0 Å². The first-order valence-electron chi connectivity index (χ1n) is 12.1. The highest BCUT2D eigenvalue weighted by Crippen LogP contribution is 2.30. The SMILES string of the molecule is CCN1CCN(C(=O)NC(C(=O)N[C@H]2Cc3cccc(C(=O)O)c3OB2O)c2cccc(OC)n2)C(=O)C1=O. The van der Waals surface area contributed by atoms with E-state index in [1.54, 1.807) is 19.1 Å². The molecule has 0 bridgehead atoms. The number of hydrogen-bond donors (Lipinski definition) is 4. The van der Waals surface area contributed by atoms with Gasteiger partial charge in [-0.25, -0.2) is 14.6 Å². The van der Waals surface area contributed by atoms with Crippen molar-refractivity contribution >= 4 is 36.8 Å². The molecule has 4 N–H and O–H groups in total. The van der Waals surface area contributed by atoms with Crippen LogP contribution in [0.1, 0.15) is 34.6 Å². The van der Waals surface area contributed by atoms with Crippen LogP contribution in [-0.4, -0.2) is 94.4 Å². The van der Waals surface area contributed by atoms with Crippen molar-refractivity contribution in [2.45, 2.75) is 25.3 Å². The van der Waals surface area contributed by atoms with Crippen LogP contribution in [0.4, 0.5) is 4.79 Å². The van der Waals surface area contributed by atoms with Crippen molar-refractivity contribution in [3.8, 4) is 11.6 Å². The molecule has 0 spiro atoms. The van der Waals surface area contributed by atoms with E-state index < -0.39 is 48.8 Å². The molecule has 5 amide bonds. The fourth-order valence-electron chi connectivity index (χ4n) is 4.33. The summed E-state index contributed by atoms with van der Waals surface area (Å²) in [6.45, 7) is 2.09. The van der Waals surface area contributed by atoms with Crippen molar-refractivity contribution in [2.75, 3.05) is 26.7 Å². The number of para-hydroxylation sites is 1. The summed E-state index contributed by atoms with van der Waals surface area (Å²) in [7, 11) is -0.228. The van der Waals surface area contributed by atoms with E-state index in [1.165, 1.54) is 36.3 Å². The van der Waals surface area contributed by atoms with Gasteiger partial charge < -0.3 is 35.1 Å². The van der Waals surface area contributed by atoms with E-state index in [1.807, 2.05) is 0 Å². The first kappa shape index (κ1) is 27.4. The number of fused-ring (bicyclic) bond motifs is 1. The third-order valence-corrected chi connectivity index (χ3v) is 6.39. The van der Waals surface area contributed by atoms with Gasteiger partial charge in [0.15, 0.2) is 6.04 Å². The van der Waals surface area contributed by atoms with Gasteiger partial charge in [0.2, 0.25) is 11.8 Å². The number of methoxy groups -OCH3 is 1. The Morgan fingerprint density at radius 2 is 1.92 bits per heavy atom. The molecule has 0 radical (unpaired) electrons.